The monoisotopic (exact) mass is 285 g/mol. The number of para-hydroxylation sites is 2. The Labute approximate surface area is 134 Å². The SMILES string of the molecule is O=P(O)(O)Cn1c2ccccc2c2ccccc21.[H-].[Na+]. The Morgan fingerprint density at radius 2 is 1.37 bits per heavy atom. The number of nitrogens with zero attached hydrogens (tertiary/aromatic N) is 1. The normalized spacial score (nSPS) is 11.7. The van der Waals surface area contributed by atoms with Crippen LogP contribution >= 0.6 is 7.60 Å². The van der Waals surface area contributed by atoms with E-state index in [-0.39, 0.29) is 37.3 Å². The van der Waals surface area contributed by atoms with Gasteiger partial charge in [-0.2, -0.15) is 0 Å². The van der Waals surface area contributed by atoms with E-state index in [0.29, 0.717) is 0 Å². The van der Waals surface area contributed by atoms with E-state index in [4.69, 9.17) is 0 Å². The van der Waals surface area contributed by atoms with Crippen LogP contribution in [0.25, 0.3) is 21.8 Å². The van der Waals surface area contributed by atoms with Gasteiger partial charge in [0.05, 0.1) is 0 Å². The van der Waals surface area contributed by atoms with Crippen LogP contribution in [0.4, 0.5) is 0 Å². The molecule has 2 N–H and O–H groups in total. The molecule has 0 aliphatic carbocycles. The molecule has 0 spiro atoms. The summed E-state index contributed by atoms with van der Waals surface area (Å²) >= 11 is 0. The zero-order chi connectivity index (χ0) is 12.8. The maximum atomic E-state index is 11.3. The molecule has 19 heavy (non-hydrogen) atoms. The van der Waals surface area contributed by atoms with E-state index < -0.39 is 7.60 Å². The van der Waals surface area contributed by atoms with Crippen molar-refractivity contribution < 1.29 is 45.3 Å². The van der Waals surface area contributed by atoms with Crippen molar-refractivity contribution in [3.05, 3.63) is 48.5 Å². The van der Waals surface area contributed by atoms with Crippen LogP contribution in [0.5, 0.6) is 0 Å². The van der Waals surface area contributed by atoms with Crippen molar-refractivity contribution in [2.24, 2.45) is 0 Å². The topological polar surface area (TPSA) is 62.5 Å². The molecule has 3 aromatic rings. The standard InChI is InChI=1S/C13H12NO3P.Na.H/c15-18(16,17)9-14-12-7-3-1-5-10(12)11-6-2-4-8-13(11)14;;/h1-8H,9H2,(H2,15,16,17);;/q;+1;-1. The van der Waals surface area contributed by atoms with Gasteiger partial charge >= 0.3 is 37.2 Å². The fourth-order valence-electron chi connectivity index (χ4n) is 2.34. The van der Waals surface area contributed by atoms with Gasteiger partial charge in [-0.05, 0) is 12.1 Å². The van der Waals surface area contributed by atoms with Crippen LogP contribution in [-0.2, 0) is 10.9 Å². The Morgan fingerprint density at radius 1 is 0.947 bits per heavy atom. The van der Waals surface area contributed by atoms with Crippen LogP contribution in [0.15, 0.2) is 48.5 Å². The Hall–Kier alpha value is -0.610. The molecule has 3 rings (SSSR count). The minimum atomic E-state index is -4.10. The summed E-state index contributed by atoms with van der Waals surface area (Å²) in [6.45, 7) is 0. The Kier molecular flexibility index (Phi) is 4.21. The fraction of sp³-hybridized carbons (Fsp3) is 0.0769. The number of hydrogen-bond acceptors (Lipinski definition) is 1. The first-order valence-electron chi connectivity index (χ1n) is 5.57. The molecule has 0 aliphatic heterocycles. The fourth-order valence-corrected chi connectivity index (χ4v) is 3.01. The zero-order valence-corrected chi connectivity index (χ0v) is 13.4. The van der Waals surface area contributed by atoms with Crippen molar-refractivity contribution >= 4 is 29.4 Å². The number of rotatable bonds is 2. The summed E-state index contributed by atoms with van der Waals surface area (Å²) in [6.07, 6.45) is -0.291. The second-order valence-electron chi connectivity index (χ2n) is 4.27. The van der Waals surface area contributed by atoms with Crippen molar-refractivity contribution in [1.29, 1.82) is 0 Å². The molecule has 0 amide bonds. The van der Waals surface area contributed by atoms with E-state index in [1.54, 1.807) is 4.57 Å². The quantitative estimate of drug-likeness (QED) is 0.516. The maximum Gasteiger partial charge on any atom is 1.00 e. The summed E-state index contributed by atoms with van der Waals surface area (Å²) in [5.74, 6) is 0. The van der Waals surface area contributed by atoms with E-state index in [9.17, 15) is 14.4 Å². The van der Waals surface area contributed by atoms with Crippen molar-refractivity contribution in [3.8, 4) is 0 Å². The third kappa shape index (κ3) is 2.79. The van der Waals surface area contributed by atoms with E-state index in [1.165, 1.54) is 0 Å². The smallest absolute Gasteiger partial charge is 1.00 e. The first-order chi connectivity index (χ1) is 8.56. The van der Waals surface area contributed by atoms with Gasteiger partial charge in [0.2, 0.25) is 0 Å². The average Bonchev–Trinajstić information content (AvgIpc) is 2.64. The van der Waals surface area contributed by atoms with Gasteiger partial charge in [0.15, 0.2) is 0 Å². The zero-order valence-electron chi connectivity index (χ0n) is 11.5. The molecule has 0 bridgehead atoms. The maximum absolute atomic E-state index is 11.3. The van der Waals surface area contributed by atoms with Crippen LogP contribution in [-0.4, -0.2) is 14.4 Å². The molecule has 0 fully saturated rings. The summed E-state index contributed by atoms with van der Waals surface area (Å²) in [5, 5.41) is 2.03. The van der Waals surface area contributed by atoms with Crippen molar-refractivity contribution in [3.63, 3.8) is 0 Å². The van der Waals surface area contributed by atoms with Gasteiger partial charge in [0, 0.05) is 21.8 Å². The third-order valence-corrected chi connectivity index (χ3v) is 3.66. The Balaban J connectivity index is 0.000001000. The Bertz CT molecular complexity index is 730. The van der Waals surface area contributed by atoms with Gasteiger partial charge in [0.1, 0.15) is 6.29 Å². The van der Waals surface area contributed by atoms with Gasteiger partial charge in [-0.15, -0.1) is 0 Å². The van der Waals surface area contributed by atoms with E-state index >= 15 is 0 Å². The molecule has 0 aliphatic rings. The van der Waals surface area contributed by atoms with E-state index in [0.717, 1.165) is 21.8 Å². The predicted octanol–water partition coefficient (Wildman–Crippen LogP) is 0.0462. The Morgan fingerprint density at radius 3 is 1.79 bits per heavy atom. The molecule has 0 unspecified atom stereocenters. The van der Waals surface area contributed by atoms with E-state index in [2.05, 4.69) is 0 Å². The van der Waals surface area contributed by atoms with Gasteiger partial charge in [-0.25, -0.2) is 0 Å². The molecule has 0 saturated carbocycles. The molecule has 6 heteroatoms. The van der Waals surface area contributed by atoms with E-state index in [1.807, 2.05) is 48.5 Å². The third-order valence-electron chi connectivity index (χ3n) is 3.01. The number of hydrogen-bond donors (Lipinski definition) is 2. The molecule has 0 saturated heterocycles. The first-order valence-corrected chi connectivity index (χ1v) is 7.36. The number of benzene rings is 2. The minimum Gasteiger partial charge on any atom is -1.00 e. The molecular formula is C13H13NNaO3P. The van der Waals surface area contributed by atoms with Crippen LogP contribution in [0.2, 0.25) is 0 Å². The number of aromatic nitrogens is 1. The largest absolute Gasteiger partial charge is 1.00 e. The second kappa shape index (κ2) is 5.41. The molecular weight excluding hydrogens is 272 g/mol. The van der Waals surface area contributed by atoms with Crippen LogP contribution < -0.4 is 29.6 Å². The van der Waals surface area contributed by atoms with Gasteiger partial charge in [0.25, 0.3) is 0 Å². The molecule has 1 heterocycles. The predicted molar refractivity (Wildman–Crippen MR) is 72.6 cm³/mol. The number of fused-ring (bicyclic) bond motifs is 3. The van der Waals surface area contributed by atoms with Crippen molar-refractivity contribution in [1.82, 2.24) is 4.57 Å². The average molecular weight is 285 g/mol. The molecule has 0 radical (unpaired) electrons. The van der Waals surface area contributed by atoms with Gasteiger partial charge in [-0.3, -0.25) is 4.57 Å². The van der Waals surface area contributed by atoms with Crippen LogP contribution in [0, 0.1) is 0 Å². The molecule has 4 nitrogen and oxygen atoms in total. The second-order valence-corrected chi connectivity index (χ2v) is 5.88. The van der Waals surface area contributed by atoms with Crippen molar-refractivity contribution in [2.45, 2.75) is 6.29 Å². The molecule has 0 atom stereocenters. The molecule has 94 valence electrons. The summed E-state index contributed by atoms with van der Waals surface area (Å²) in [4.78, 5) is 18.4. The van der Waals surface area contributed by atoms with Gasteiger partial charge < -0.3 is 15.8 Å². The van der Waals surface area contributed by atoms with Crippen molar-refractivity contribution in [2.75, 3.05) is 0 Å². The summed E-state index contributed by atoms with van der Waals surface area (Å²) in [6, 6.07) is 15.3. The summed E-state index contributed by atoms with van der Waals surface area (Å²) < 4.78 is 12.9. The summed E-state index contributed by atoms with van der Waals surface area (Å²) in [7, 11) is -4.10. The van der Waals surface area contributed by atoms with Gasteiger partial charge in [-0.1, -0.05) is 36.4 Å². The van der Waals surface area contributed by atoms with Crippen LogP contribution in [0.3, 0.4) is 0 Å². The first kappa shape index (κ1) is 14.8. The molecule has 2 aromatic carbocycles. The summed E-state index contributed by atoms with van der Waals surface area (Å²) in [5.41, 5.74) is 1.70. The minimum absolute atomic E-state index is 0. The molecule has 1 aromatic heterocycles. The van der Waals surface area contributed by atoms with Crippen LogP contribution in [0.1, 0.15) is 1.43 Å².